The highest BCUT2D eigenvalue weighted by molar-refractivity contribution is 5.68. The zero-order valence-electron chi connectivity index (χ0n) is 13.4. The average molecular weight is 300 g/mol. The van der Waals surface area contributed by atoms with Crippen molar-refractivity contribution >= 4 is 12.1 Å². The van der Waals surface area contributed by atoms with Crippen molar-refractivity contribution in [3.63, 3.8) is 0 Å². The Balaban J connectivity index is 2.25. The van der Waals surface area contributed by atoms with Gasteiger partial charge in [0.25, 0.3) is 0 Å². The summed E-state index contributed by atoms with van der Waals surface area (Å²) in [5, 5.41) is 11.8. The minimum Gasteiger partial charge on any atom is -0.481 e. The van der Waals surface area contributed by atoms with Gasteiger partial charge in [0.2, 0.25) is 0 Å². The molecule has 0 aromatic rings. The number of carboxylic acid groups (broad SMARTS) is 1. The number of aliphatic carboxylic acids is 1. The van der Waals surface area contributed by atoms with Gasteiger partial charge in [-0.2, -0.15) is 0 Å². The molecule has 1 saturated heterocycles. The van der Waals surface area contributed by atoms with E-state index in [1.807, 2.05) is 20.8 Å². The first-order chi connectivity index (χ1) is 9.78. The van der Waals surface area contributed by atoms with E-state index in [2.05, 4.69) is 5.32 Å². The van der Waals surface area contributed by atoms with Crippen LogP contribution in [0.4, 0.5) is 4.79 Å². The molecule has 0 aromatic heterocycles. The van der Waals surface area contributed by atoms with Crippen molar-refractivity contribution < 1.29 is 19.4 Å². The predicted molar refractivity (Wildman–Crippen MR) is 80.3 cm³/mol. The number of carbonyl (C=O) groups is 2. The molecule has 6 nitrogen and oxygen atoms in total. The number of carbonyl (C=O) groups excluding carboxylic acids is 1. The van der Waals surface area contributed by atoms with E-state index in [1.54, 1.807) is 4.90 Å². The van der Waals surface area contributed by atoms with Gasteiger partial charge in [0.15, 0.2) is 0 Å². The molecule has 1 fully saturated rings. The molecule has 0 aliphatic carbocycles. The van der Waals surface area contributed by atoms with Crippen molar-refractivity contribution in [3.05, 3.63) is 0 Å². The summed E-state index contributed by atoms with van der Waals surface area (Å²) < 4.78 is 5.40. The molecule has 21 heavy (non-hydrogen) atoms. The van der Waals surface area contributed by atoms with Crippen LogP contribution in [0.3, 0.4) is 0 Å². The Bertz CT molecular complexity index is 352. The monoisotopic (exact) mass is 300 g/mol. The zero-order chi connectivity index (χ0) is 15.9. The van der Waals surface area contributed by atoms with Crippen molar-refractivity contribution in [1.82, 2.24) is 10.2 Å². The predicted octanol–water partition coefficient (Wildman–Crippen LogP) is 2.09. The van der Waals surface area contributed by atoms with Crippen LogP contribution in [0.2, 0.25) is 0 Å². The molecule has 0 aromatic carbocycles. The van der Waals surface area contributed by atoms with Gasteiger partial charge in [0.1, 0.15) is 5.60 Å². The summed E-state index contributed by atoms with van der Waals surface area (Å²) in [5.74, 6) is -0.346. The molecule has 1 amide bonds. The van der Waals surface area contributed by atoms with E-state index in [1.165, 1.54) is 0 Å². The standard InChI is InChI=1S/C15H28N2O4/c1-15(2,3)21-14(20)17-9-5-6-12(11-17)10-16-8-4-7-13(18)19/h12,16H,4-11H2,1-3H3,(H,18,19). The van der Waals surface area contributed by atoms with Crippen molar-refractivity contribution in [2.75, 3.05) is 26.2 Å². The smallest absolute Gasteiger partial charge is 0.410 e. The van der Waals surface area contributed by atoms with Crippen LogP contribution in [-0.4, -0.2) is 53.8 Å². The van der Waals surface area contributed by atoms with Crippen molar-refractivity contribution in [3.8, 4) is 0 Å². The lowest BCUT2D eigenvalue weighted by atomic mass is 9.98. The Hall–Kier alpha value is -1.30. The quantitative estimate of drug-likeness (QED) is 0.734. The Morgan fingerprint density at radius 3 is 2.71 bits per heavy atom. The Morgan fingerprint density at radius 1 is 1.38 bits per heavy atom. The maximum absolute atomic E-state index is 12.0. The molecule has 2 N–H and O–H groups in total. The number of carboxylic acids is 1. The molecule has 6 heteroatoms. The van der Waals surface area contributed by atoms with Crippen LogP contribution in [0.15, 0.2) is 0 Å². The van der Waals surface area contributed by atoms with Gasteiger partial charge in [-0.25, -0.2) is 4.79 Å². The summed E-state index contributed by atoms with van der Waals surface area (Å²) in [4.78, 5) is 24.2. The Morgan fingerprint density at radius 2 is 2.10 bits per heavy atom. The summed E-state index contributed by atoms with van der Waals surface area (Å²) in [7, 11) is 0. The van der Waals surface area contributed by atoms with Gasteiger partial charge in [-0.05, 0) is 59.0 Å². The minimum absolute atomic E-state index is 0.196. The molecular formula is C15H28N2O4. The molecule has 1 aliphatic heterocycles. The lowest BCUT2D eigenvalue weighted by molar-refractivity contribution is -0.137. The Labute approximate surface area is 126 Å². The summed E-state index contributed by atoms with van der Waals surface area (Å²) in [6.07, 6.45) is 2.67. The molecule has 0 radical (unpaired) electrons. The molecule has 0 bridgehead atoms. The largest absolute Gasteiger partial charge is 0.481 e. The zero-order valence-corrected chi connectivity index (χ0v) is 13.4. The van der Waals surface area contributed by atoms with Crippen LogP contribution in [0.25, 0.3) is 0 Å². The van der Waals surface area contributed by atoms with Crippen molar-refractivity contribution in [2.24, 2.45) is 5.92 Å². The van der Waals surface area contributed by atoms with Crippen molar-refractivity contribution in [1.29, 1.82) is 0 Å². The highest BCUT2D eigenvalue weighted by atomic mass is 16.6. The van der Waals surface area contributed by atoms with Crippen LogP contribution < -0.4 is 5.32 Å². The molecule has 0 spiro atoms. The normalized spacial score (nSPS) is 19.4. The summed E-state index contributed by atoms with van der Waals surface area (Å²) >= 11 is 0. The fourth-order valence-corrected chi connectivity index (χ4v) is 2.39. The van der Waals surface area contributed by atoms with E-state index in [0.29, 0.717) is 25.4 Å². The number of nitrogens with zero attached hydrogens (tertiary/aromatic N) is 1. The number of likely N-dealkylation sites (tertiary alicyclic amines) is 1. The Kier molecular flexibility index (Phi) is 6.95. The second-order valence-corrected chi connectivity index (χ2v) is 6.64. The lowest BCUT2D eigenvalue weighted by Gasteiger charge is -2.34. The molecular weight excluding hydrogens is 272 g/mol. The van der Waals surface area contributed by atoms with E-state index in [4.69, 9.17) is 9.84 Å². The number of piperidine rings is 1. The highest BCUT2D eigenvalue weighted by Crippen LogP contribution is 2.18. The molecule has 1 heterocycles. The fraction of sp³-hybridized carbons (Fsp3) is 0.867. The van der Waals surface area contributed by atoms with Crippen LogP contribution in [-0.2, 0) is 9.53 Å². The van der Waals surface area contributed by atoms with Crippen LogP contribution in [0, 0.1) is 5.92 Å². The number of rotatable bonds is 6. The third-order valence-electron chi connectivity index (χ3n) is 3.35. The van der Waals surface area contributed by atoms with Gasteiger partial charge >= 0.3 is 12.1 Å². The SMILES string of the molecule is CC(C)(C)OC(=O)N1CCCC(CNCCCC(=O)O)C1. The third-order valence-corrected chi connectivity index (χ3v) is 3.35. The maximum Gasteiger partial charge on any atom is 0.410 e. The van der Waals surface area contributed by atoms with Gasteiger partial charge in [-0.15, -0.1) is 0 Å². The van der Waals surface area contributed by atoms with Crippen LogP contribution in [0.5, 0.6) is 0 Å². The third kappa shape index (κ3) is 7.90. The molecule has 122 valence electrons. The molecule has 1 aliphatic rings. The van der Waals surface area contributed by atoms with Gasteiger partial charge in [0.05, 0.1) is 0 Å². The first kappa shape index (κ1) is 17.8. The first-order valence-electron chi connectivity index (χ1n) is 7.68. The number of nitrogens with one attached hydrogen (secondary N) is 1. The van der Waals surface area contributed by atoms with Crippen LogP contribution in [0.1, 0.15) is 46.5 Å². The van der Waals surface area contributed by atoms with Gasteiger partial charge < -0.3 is 20.1 Å². The van der Waals surface area contributed by atoms with Gasteiger partial charge in [-0.3, -0.25) is 4.79 Å². The van der Waals surface area contributed by atoms with E-state index in [-0.39, 0.29) is 12.5 Å². The molecule has 1 unspecified atom stereocenters. The molecule has 0 saturated carbocycles. The summed E-state index contributed by atoms with van der Waals surface area (Å²) in [5.41, 5.74) is -0.459. The maximum atomic E-state index is 12.0. The number of hydrogen-bond donors (Lipinski definition) is 2. The van der Waals surface area contributed by atoms with E-state index in [9.17, 15) is 9.59 Å². The summed E-state index contributed by atoms with van der Waals surface area (Å²) in [6, 6.07) is 0. The van der Waals surface area contributed by atoms with E-state index in [0.717, 1.165) is 25.9 Å². The number of amides is 1. The lowest BCUT2D eigenvalue weighted by Crippen LogP contribution is -2.45. The minimum atomic E-state index is -0.759. The molecule has 1 rings (SSSR count). The van der Waals surface area contributed by atoms with E-state index >= 15 is 0 Å². The summed E-state index contributed by atoms with van der Waals surface area (Å²) in [6.45, 7) is 8.60. The fourth-order valence-electron chi connectivity index (χ4n) is 2.39. The van der Waals surface area contributed by atoms with Gasteiger partial charge in [-0.1, -0.05) is 0 Å². The first-order valence-corrected chi connectivity index (χ1v) is 7.68. The highest BCUT2D eigenvalue weighted by Gasteiger charge is 2.27. The number of ether oxygens (including phenoxy) is 1. The topological polar surface area (TPSA) is 78.9 Å². The van der Waals surface area contributed by atoms with Crippen molar-refractivity contribution in [2.45, 2.75) is 52.1 Å². The second kappa shape index (κ2) is 8.22. The van der Waals surface area contributed by atoms with Gasteiger partial charge in [0, 0.05) is 19.5 Å². The second-order valence-electron chi connectivity index (χ2n) is 6.64. The number of hydrogen-bond acceptors (Lipinski definition) is 4. The average Bonchev–Trinajstić information content (AvgIpc) is 2.36. The molecule has 1 atom stereocenters. The van der Waals surface area contributed by atoms with Crippen LogP contribution >= 0.6 is 0 Å². The van der Waals surface area contributed by atoms with E-state index < -0.39 is 11.6 Å².